The van der Waals surface area contributed by atoms with Gasteiger partial charge in [0.1, 0.15) is 0 Å². The van der Waals surface area contributed by atoms with Gasteiger partial charge < -0.3 is 14.4 Å². The number of carbonyl (C=O) groups is 1. The molecule has 4 nitrogen and oxygen atoms in total. The summed E-state index contributed by atoms with van der Waals surface area (Å²) in [4.78, 5) is 13.5. The molecule has 0 atom stereocenters. The van der Waals surface area contributed by atoms with Crippen LogP contribution in [0.15, 0.2) is 23.9 Å². The molecule has 0 radical (unpaired) electrons. The highest BCUT2D eigenvalue weighted by Crippen LogP contribution is 2.15. The van der Waals surface area contributed by atoms with Crippen molar-refractivity contribution in [2.45, 2.75) is 19.8 Å². The minimum Gasteiger partial charge on any atom is -0.466 e. The third kappa shape index (κ3) is 5.04. The van der Waals surface area contributed by atoms with E-state index in [0.29, 0.717) is 13.2 Å². The zero-order chi connectivity index (χ0) is 12.7. The molecule has 1 saturated heterocycles. The molecule has 1 fully saturated rings. The van der Waals surface area contributed by atoms with Gasteiger partial charge in [0.25, 0.3) is 0 Å². The van der Waals surface area contributed by atoms with E-state index >= 15 is 0 Å². The van der Waals surface area contributed by atoms with Gasteiger partial charge in [-0.2, -0.15) is 0 Å². The van der Waals surface area contributed by atoms with Gasteiger partial charge in [-0.1, -0.05) is 12.2 Å². The summed E-state index contributed by atoms with van der Waals surface area (Å²) in [7, 11) is 1.38. The average Bonchev–Trinajstić information content (AvgIpc) is 2.80. The van der Waals surface area contributed by atoms with Gasteiger partial charge in [-0.15, -0.1) is 0 Å². The van der Waals surface area contributed by atoms with Crippen molar-refractivity contribution in [3.8, 4) is 0 Å². The molecule has 0 aromatic heterocycles. The average molecular weight is 239 g/mol. The third-order valence-electron chi connectivity index (χ3n) is 2.60. The summed E-state index contributed by atoms with van der Waals surface area (Å²) in [5.41, 5.74) is 1.87. The molecule has 4 heteroatoms. The van der Waals surface area contributed by atoms with Crippen molar-refractivity contribution in [3.63, 3.8) is 0 Å². The monoisotopic (exact) mass is 239 g/mol. The number of rotatable bonds is 6. The fourth-order valence-electron chi connectivity index (χ4n) is 1.75. The SMILES string of the molecule is C=C(C)COC/C(=C\C(=O)OC)N1CCCC1. The van der Waals surface area contributed by atoms with Crippen molar-refractivity contribution in [1.82, 2.24) is 4.90 Å². The number of hydrogen-bond acceptors (Lipinski definition) is 4. The van der Waals surface area contributed by atoms with E-state index in [9.17, 15) is 4.79 Å². The molecule has 0 aromatic carbocycles. The van der Waals surface area contributed by atoms with Gasteiger partial charge in [0.2, 0.25) is 0 Å². The third-order valence-corrected chi connectivity index (χ3v) is 2.60. The summed E-state index contributed by atoms with van der Waals surface area (Å²) < 4.78 is 10.2. The number of likely N-dealkylation sites (tertiary alicyclic amines) is 1. The van der Waals surface area contributed by atoms with Crippen LogP contribution in [0.5, 0.6) is 0 Å². The zero-order valence-electron chi connectivity index (χ0n) is 10.7. The van der Waals surface area contributed by atoms with Crippen LogP contribution in [0.2, 0.25) is 0 Å². The van der Waals surface area contributed by atoms with Crippen molar-refractivity contribution in [2.75, 3.05) is 33.4 Å². The second-order valence-electron chi connectivity index (χ2n) is 4.30. The first-order chi connectivity index (χ1) is 8.13. The molecule has 96 valence electrons. The molecule has 0 bridgehead atoms. The minimum absolute atomic E-state index is 0.328. The quantitative estimate of drug-likeness (QED) is 0.402. The Bertz CT molecular complexity index is 304. The lowest BCUT2D eigenvalue weighted by Gasteiger charge is -2.21. The molecule has 0 aliphatic carbocycles. The van der Waals surface area contributed by atoms with Crippen LogP contribution in [-0.4, -0.2) is 44.3 Å². The molecule has 0 amide bonds. The summed E-state index contributed by atoms with van der Waals surface area (Å²) in [5, 5.41) is 0. The van der Waals surface area contributed by atoms with Crippen LogP contribution in [0.25, 0.3) is 0 Å². The lowest BCUT2D eigenvalue weighted by atomic mass is 10.3. The van der Waals surface area contributed by atoms with Crippen molar-refractivity contribution >= 4 is 5.97 Å². The van der Waals surface area contributed by atoms with Crippen LogP contribution in [-0.2, 0) is 14.3 Å². The van der Waals surface area contributed by atoms with Crippen molar-refractivity contribution in [3.05, 3.63) is 23.9 Å². The Balaban J connectivity index is 2.55. The van der Waals surface area contributed by atoms with Crippen LogP contribution < -0.4 is 0 Å². The molecule has 1 aliphatic heterocycles. The first kappa shape index (κ1) is 13.8. The molecule has 0 saturated carbocycles. The van der Waals surface area contributed by atoms with E-state index in [2.05, 4.69) is 16.2 Å². The largest absolute Gasteiger partial charge is 0.466 e. The fourth-order valence-corrected chi connectivity index (χ4v) is 1.75. The van der Waals surface area contributed by atoms with Gasteiger partial charge in [-0.25, -0.2) is 4.79 Å². The second-order valence-corrected chi connectivity index (χ2v) is 4.30. The first-order valence-electron chi connectivity index (χ1n) is 5.89. The number of esters is 1. The van der Waals surface area contributed by atoms with Crippen molar-refractivity contribution < 1.29 is 14.3 Å². The molecular weight excluding hydrogens is 218 g/mol. The summed E-state index contributed by atoms with van der Waals surface area (Å²) in [5.74, 6) is -0.328. The fraction of sp³-hybridized carbons (Fsp3) is 0.615. The number of carbonyl (C=O) groups excluding carboxylic acids is 1. The Kier molecular flexibility index (Phi) is 5.77. The van der Waals surface area contributed by atoms with E-state index in [0.717, 1.165) is 24.4 Å². The smallest absolute Gasteiger partial charge is 0.332 e. The molecule has 17 heavy (non-hydrogen) atoms. The molecule has 1 heterocycles. The standard InChI is InChI=1S/C13H21NO3/c1-11(2)9-17-10-12(8-13(15)16-3)14-6-4-5-7-14/h8H,1,4-7,9-10H2,2-3H3/b12-8+. The van der Waals surface area contributed by atoms with E-state index in [1.165, 1.54) is 26.0 Å². The van der Waals surface area contributed by atoms with E-state index in [4.69, 9.17) is 4.74 Å². The van der Waals surface area contributed by atoms with Crippen LogP contribution in [0.1, 0.15) is 19.8 Å². The molecule has 0 aromatic rings. The Morgan fingerprint density at radius 3 is 2.53 bits per heavy atom. The van der Waals surface area contributed by atoms with Crippen LogP contribution in [0.3, 0.4) is 0 Å². The minimum atomic E-state index is -0.328. The van der Waals surface area contributed by atoms with Gasteiger partial charge in [0.05, 0.1) is 20.3 Å². The van der Waals surface area contributed by atoms with Gasteiger partial charge in [0, 0.05) is 24.9 Å². The van der Waals surface area contributed by atoms with Crippen LogP contribution >= 0.6 is 0 Å². The molecule has 0 spiro atoms. The zero-order valence-corrected chi connectivity index (χ0v) is 10.7. The topological polar surface area (TPSA) is 38.8 Å². The van der Waals surface area contributed by atoms with Gasteiger partial charge in [-0.3, -0.25) is 0 Å². The maximum Gasteiger partial charge on any atom is 0.332 e. The van der Waals surface area contributed by atoms with E-state index < -0.39 is 0 Å². The Labute approximate surface area is 103 Å². The van der Waals surface area contributed by atoms with E-state index in [1.54, 1.807) is 0 Å². The van der Waals surface area contributed by atoms with Gasteiger partial charge in [0.15, 0.2) is 0 Å². The highest BCUT2D eigenvalue weighted by Gasteiger charge is 2.16. The Hall–Kier alpha value is -1.29. The highest BCUT2D eigenvalue weighted by molar-refractivity contribution is 5.82. The van der Waals surface area contributed by atoms with Crippen LogP contribution in [0, 0.1) is 0 Å². The van der Waals surface area contributed by atoms with Gasteiger partial charge >= 0.3 is 5.97 Å². The molecule has 0 N–H and O–H groups in total. The summed E-state index contributed by atoms with van der Waals surface area (Å²) in [6.45, 7) is 8.62. The lowest BCUT2D eigenvalue weighted by molar-refractivity contribution is -0.135. The van der Waals surface area contributed by atoms with E-state index in [-0.39, 0.29) is 5.97 Å². The first-order valence-corrected chi connectivity index (χ1v) is 5.89. The summed E-state index contributed by atoms with van der Waals surface area (Å²) in [6, 6.07) is 0. The maximum atomic E-state index is 11.3. The molecular formula is C13H21NO3. The van der Waals surface area contributed by atoms with Crippen LogP contribution in [0.4, 0.5) is 0 Å². The molecule has 0 unspecified atom stereocenters. The highest BCUT2D eigenvalue weighted by atomic mass is 16.5. The number of ether oxygens (including phenoxy) is 2. The summed E-state index contributed by atoms with van der Waals surface area (Å²) in [6.07, 6.45) is 3.85. The predicted octanol–water partition coefficient (Wildman–Crippen LogP) is 1.73. The van der Waals surface area contributed by atoms with Crippen molar-refractivity contribution in [1.29, 1.82) is 0 Å². The summed E-state index contributed by atoms with van der Waals surface area (Å²) >= 11 is 0. The lowest BCUT2D eigenvalue weighted by Crippen LogP contribution is -2.23. The molecule has 1 rings (SSSR count). The van der Waals surface area contributed by atoms with Gasteiger partial charge in [-0.05, 0) is 19.8 Å². The normalized spacial score (nSPS) is 16.1. The number of methoxy groups -OCH3 is 1. The maximum absolute atomic E-state index is 11.3. The number of nitrogens with zero attached hydrogens (tertiary/aromatic N) is 1. The molecule has 1 aliphatic rings. The van der Waals surface area contributed by atoms with Crippen molar-refractivity contribution in [2.24, 2.45) is 0 Å². The van der Waals surface area contributed by atoms with E-state index in [1.807, 2.05) is 6.92 Å². The second kappa shape index (κ2) is 7.12. The Morgan fingerprint density at radius 2 is 2.00 bits per heavy atom. The Morgan fingerprint density at radius 1 is 1.35 bits per heavy atom. The predicted molar refractivity (Wildman–Crippen MR) is 66.5 cm³/mol. The number of hydrogen-bond donors (Lipinski definition) is 0.